The number of hydrogen-bond acceptors (Lipinski definition) is 2. The van der Waals surface area contributed by atoms with Crippen LogP contribution in [0.2, 0.25) is 0 Å². The van der Waals surface area contributed by atoms with Crippen molar-refractivity contribution < 1.29 is 4.79 Å². The van der Waals surface area contributed by atoms with Crippen LogP contribution in [0.4, 0.5) is 0 Å². The average molecular weight is 497 g/mol. The van der Waals surface area contributed by atoms with Gasteiger partial charge in [-0.1, -0.05) is 18.2 Å². The Bertz CT molecular complexity index is 816. The summed E-state index contributed by atoms with van der Waals surface area (Å²) in [6.45, 7) is 7.61. The third-order valence-electron chi connectivity index (χ3n) is 5.30. The molecule has 2 heterocycles. The van der Waals surface area contributed by atoms with Crippen LogP contribution in [-0.2, 0) is 11.2 Å². The van der Waals surface area contributed by atoms with Crippen molar-refractivity contribution in [2.24, 2.45) is 16.6 Å². The Balaban J connectivity index is 0.00000280. The minimum atomic E-state index is -0.210. The Morgan fingerprint density at radius 3 is 3.00 bits per heavy atom. The Labute approximate surface area is 184 Å². The van der Waals surface area contributed by atoms with Gasteiger partial charge in [0.05, 0.1) is 0 Å². The highest BCUT2D eigenvalue weighted by molar-refractivity contribution is 14.0. The lowest BCUT2D eigenvalue weighted by atomic mass is 9.95. The van der Waals surface area contributed by atoms with Gasteiger partial charge in [0.1, 0.15) is 0 Å². The number of primary amides is 1. The predicted molar refractivity (Wildman–Crippen MR) is 126 cm³/mol. The van der Waals surface area contributed by atoms with Crippen LogP contribution in [0.15, 0.2) is 29.4 Å². The first kappa shape index (κ1) is 22.5. The van der Waals surface area contributed by atoms with Gasteiger partial charge in [-0.3, -0.25) is 9.79 Å². The second kappa shape index (κ2) is 10.7. The fourth-order valence-corrected chi connectivity index (χ4v) is 3.99. The first-order valence-corrected chi connectivity index (χ1v) is 9.95. The number of piperidine rings is 1. The number of carbonyl (C=O) groups excluding carboxylic acids is 1. The van der Waals surface area contributed by atoms with Crippen molar-refractivity contribution in [3.63, 3.8) is 0 Å². The number of H-pyrrole nitrogens is 1. The van der Waals surface area contributed by atoms with E-state index in [-0.39, 0.29) is 29.9 Å². The minimum Gasteiger partial charge on any atom is -0.370 e. The van der Waals surface area contributed by atoms with Crippen LogP contribution in [0.25, 0.3) is 10.9 Å². The predicted octanol–water partition coefficient (Wildman–Crippen LogP) is 3.19. The highest BCUT2D eigenvalue weighted by Crippen LogP contribution is 2.22. The van der Waals surface area contributed by atoms with Gasteiger partial charge in [0.2, 0.25) is 5.91 Å². The van der Waals surface area contributed by atoms with Gasteiger partial charge in [-0.15, -0.1) is 24.0 Å². The van der Waals surface area contributed by atoms with Gasteiger partial charge in [0.15, 0.2) is 5.96 Å². The van der Waals surface area contributed by atoms with Gasteiger partial charge >= 0.3 is 0 Å². The molecule has 1 saturated heterocycles. The lowest BCUT2D eigenvalue weighted by molar-refractivity contribution is -0.119. The van der Waals surface area contributed by atoms with Crippen LogP contribution < -0.4 is 11.1 Å². The molecular weight excluding hydrogens is 465 g/mol. The Kier molecular flexibility index (Phi) is 8.59. The van der Waals surface area contributed by atoms with Crippen LogP contribution >= 0.6 is 24.0 Å². The molecule has 1 aromatic carbocycles. The maximum Gasteiger partial charge on any atom is 0.217 e. The summed E-state index contributed by atoms with van der Waals surface area (Å²) in [6.07, 6.45) is 5.60. The Morgan fingerprint density at radius 1 is 1.43 bits per heavy atom. The normalized spacial score (nSPS) is 17.4. The Morgan fingerprint density at radius 2 is 2.25 bits per heavy atom. The minimum absolute atomic E-state index is 0. The van der Waals surface area contributed by atoms with Crippen LogP contribution in [0.5, 0.6) is 0 Å². The summed E-state index contributed by atoms with van der Waals surface area (Å²) in [7, 11) is 0. The zero-order chi connectivity index (χ0) is 19.2. The highest BCUT2D eigenvalue weighted by atomic mass is 127. The second-order valence-electron chi connectivity index (χ2n) is 7.42. The van der Waals surface area contributed by atoms with Crippen molar-refractivity contribution in [2.75, 3.05) is 26.2 Å². The maximum absolute atomic E-state index is 11.3. The molecule has 7 heteroatoms. The first-order chi connectivity index (χ1) is 13.1. The number of rotatable bonds is 6. The monoisotopic (exact) mass is 497 g/mol. The first-order valence-electron chi connectivity index (χ1n) is 9.95. The molecule has 1 aliphatic heterocycles. The number of nitrogens with two attached hydrogens (primary N) is 1. The van der Waals surface area contributed by atoms with Crippen molar-refractivity contribution in [3.8, 4) is 0 Å². The molecule has 1 aromatic heterocycles. The molecular formula is C21H32IN5O. The number of carbonyl (C=O) groups is 1. The number of amides is 1. The van der Waals surface area contributed by atoms with E-state index in [9.17, 15) is 4.79 Å². The maximum atomic E-state index is 11.3. The molecule has 4 N–H and O–H groups in total. The number of aryl methyl sites for hydroxylation is 1. The van der Waals surface area contributed by atoms with E-state index < -0.39 is 0 Å². The van der Waals surface area contributed by atoms with E-state index in [0.717, 1.165) is 51.4 Å². The third-order valence-corrected chi connectivity index (χ3v) is 5.30. The van der Waals surface area contributed by atoms with Crippen LogP contribution in [0, 0.1) is 12.8 Å². The molecule has 1 atom stereocenters. The number of nitrogens with zero attached hydrogens (tertiary/aromatic N) is 2. The number of aromatic amines is 1. The number of guanidine groups is 1. The molecule has 0 radical (unpaired) electrons. The molecule has 0 spiro atoms. The van der Waals surface area contributed by atoms with E-state index in [1.54, 1.807) is 0 Å². The standard InChI is InChI=1S/C21H31N5O.HI/c1-3-23-21(26-11-5-7-16(14-26)12-19(22)27)24-10-9-17-13-25-20-15(2)6-4-8-18(17)20;/h4,6,8,13,16,25H,3,5,7,9-12,14H2,1-2H3,(H2,22,27)(H,23,24);1H. The van der Waals surface area contributed by atoms with Crippen molar-refractivity contribution in [3.05, 3.63) is 35.5 Å². The molecule has 0 bridgehead atoms. The van der Waals surface area contributed by atoms with Crippen LogP contribution in [0.3, 0.4) is 0 Å². The number of likely N-dealkylation sites (tertiary alicyclic amines) is 1. The molecule has 1 unspecified atom stereocenters. The summed E-state index contributed by atoms with van der Waals surface area (Å²) in [5.41, 5.74) is 9.18. The van der Waals surface area contributed by atoms with E-state index in [1.807, 2.05) is 0 Å². The molecule has 6 nitrogen and oxygen atoms in total. The molecule has 1 fully saturated rings. The molecule has 0 saturated carbocycles. The molecule has 154 valence electrons. The summed E-state index contributed by atoms with van der Waals surface area (Å²) in [5.74, 6) is 1.07. The van der Waals surface area contributed by atoms with E-state index >= 15 is 0 Å². The van der Waals surface area contributed by atoms with Gasteiger partial charge in [0, 0.05) is 49.7 Å². The zero-order valence-electron chi connectivity index (χ0n) is 16.8. The molecule has 2 aromatic rings. The fraction of sp³-hybridized carbons (Fsp3) is 0.524. The van der Waals surface area contributed by atoms with Gasteiger partial charge in [-0.05, 0) is 50.2 Å². The van der Waals surface area contributed by atoms with E-state index in [2.05, 4.69) is 53.4 Å². The Hall–Kier alpha value is -1.77. The van der Waals surface area contributed by atoms with Gasteiger partial charge < -0.3 is 20.9 Å². The second-order valence-corrected chi connectivity index (χ2v) is 7.42. The number of fused-ring (bicyclic) bond motifs is 1. The summed E-state index contributed by atoms with van der Waals surface area (Å²) >= 11 is 0. The summed E-state index contributed by atoms with van der Waals surface area (Å²) < 4.78 is 0. The van der Waals surface area contributed by atoms with Gasteiger partial charge in [-0.25, -0.2) is 0 Å². The van der Waals surface area contributed by atoms with Gasteiger partial charge in [0.25, 0.3) is 0 Å². The molecule has 3 rings (SSSR count). The number of aliphatic imine (C=N–C) groups is 1. The molecule has 28 heavy (non-hydrogen) atoms. The smallest absolute Gasteiger partial charge is 0.217 e. The quantitative estimate of drug-likeness (QED) is 0.326. The fourth-order valence-electron chi connectivity index (χ4n) is 3.99. The number of halogens is 1. The summed E-state index contributed by atoms with van der Waals surface area (Å²) in [6, 6.07) is 6.40. The highest BCUT2D eigenvalue weighted by Gasteiger charge is 2.23. The van der Waals surface area contributed by atoms with Crippen molar-refractivity contribution in [1.82, 2.24) is 15.2 Å². The van der Waals surface area contributed by atoms with E-state index in [4.69, 9.17) is 10.7 Å². The molecule has 0 aliphatic carbocycles. The lowest BCUT2D eigenvalue weighted by Gasteiger charge is -2.34. The molecule has 1 amide bonds. The third kappa shape index (κ3) is 5.62. The van der Waals surface area contributed by atoms with Crippen LogP contribution in [0.1, 0.15) is 37.3 Å². The van der Waals surface area contributed by atoms with Crippen molar-refractivity contribution >= 4 is 46.7 Å². The largest absolute Gasteiger partial charge is 0.370 e. The summed E-state index contributed by atoms with van der Waals surface area (Å²) in [5, 5.41) is 4.69. The number of hydrogen-bond donors (Lipinski definition) is 3. The van der Waals surface area contributed by atoms with E-state index in [0.29, 0.717) is 12.3 Å². The zero-order valence-corrected chi connectivity index (χ0v) is 19.2. The van der Waals surface area contributed by atoms with Crippen molar-refractivity contribution in [1.29, 1.82) is 0 Å². The SMILES string of the molecule is CCNC(=NCCc1c[nH]c2c(C)cccc12)N1CCCC(CC(N)=O)C1.I. The van der Waals surface area contributed by atoms with Crippen molar-refractivity contribution in [2.45, 2.75) is 39.5 Å². The lowest BCUT2D eigenvalue weighted by Crippen LogP contribution is -2.47. The summed E-state index contributed by atoms with van der Waals surface area (Å²) in [4.78, 5) is 21.8. The number of benzene rings is 1. The number of para-hydroxylation sites is 1. The number of nitrogens with one attached hydrogen (secondary N) is 2. The number of aromatic nitrogens is 1. The van der Waals surface area contributed by atoms with Crippen LogP contribution in [-0.4, -0.2) is 47.9 Å². The topological polar surface area (TPSA) is 86.5 Å². The van der Waals surface area contributed by atoms with Gasteiger partial charge in [-0.2, -0.15) is 0 Å². The van der Waals surface area contributed by atoms with E-state index in [1.165, 1.54) is 22.0 Å². The average Bonchev–Trinajstić information content (AvgIpc) is 3.05. The molecule has 1 aliphatic rings.